The zero-order valence-corrected chi connectivity index (χ0v) is 13.2. The highest BCUT2D eigenvalue weighted by molar-refractivity contribution is 5.77. The molecule has 0 fully saturated rings. The molecule has 1 aromatic carbocycles. The van der Waals surface area contributed by atoms with Crippen molar-refractivity contribution < 1.29 is 23.1 Å². The van der Waals surface area contributed by atoms with Crippen molar-refractivity contribution >= 4 is 5.91 Å². The van der Waals surface area contributed by atoms with Crippen molar-refractivity contribution in [2.24, 2.45) is 7.05 Å². The summed E-state index contributed by atoms with van der Waals surface area (Å²) in [4.78, 5) is 15.6. The van der Waals surface area contributed by atoms with E-state index in [0.717, 1.165) is 16.3 Å². The standard InChI is InChI=1S/C16H18F3N3O2/c1-11(12-6-4-3-5-7-12)21-13(23)10-15(24,16(17,18)19)14-20-8-9-22(14)2/h3-9,11,24H,10H2,1-2H3,(H,21,23)/t11-,15-/m1/s1. The smallest absolute Gasteiger partial charge is 0.374 e. The predicted molar refractivity (Wildman–Crippen MR) is 80.8 cm³/mol. The summed E-state index contributed by atoms with van der Waals surface area (Å²) in [6.45, 7) is 1.65. The lowest BCUT2D eigenvalue weighted by Gasteiger charge is -2.29. The van der Waals surface area contributed by atoms with Gasteiger partial charge in [-0.05, 0) is 12.5 Å². The van der Waals surface area contributed by atoms with Crippen LogP contribution in [0, 0.1) is 0 Å². The summed E-state index contributed by atoms with van der Waals surface area (Å²) in [6, 6.07) is 8.33. The first-order valence-electron chi connectivity index (χ1n) is 7.26. The van der Waals surface area contributed by atoms with Gasteiger partial charge in [-0.15, -0.1) is 0 Å². The molecule has 0 spiro atoms. The van der Waals surface area contributed by atoms with Crippen molar-refractivity contribution in [1.29, 1.82) is 0 Å². The molecule has 2 atom stereocenters. The topological polar surface area (TPSA) is 67.2 Å². The number of aromatic nitrogens is 2. The first-order chi connectivity index (χ1) is 11.1. The van der Waals surface area contributed by atoms with Gasteiger partial charge in [-0.25, -0.2) is 4.98 Å². The van der Waals surface area contributed by atoms with Gasteiger partial charge in [-0.2, -0.15) is 13.2 Å². The van der Waals surface area contributed by atoms with Gasteiger partial charge in [0.15, 0.2) is 5.82 Å². The Balaban J connectivity index is 2.19. The maximum absolute atomic E-state index is 13.4. The number of imidazole rings is 1. The second kappa shape index (κ2) is 6.64. The number of hydrogen-bond donors (Lipinski definition) is 2. The first kappa shape index (κ1) is 18.0. The van der Waals surface area contributed by atoms with E-state index in [1.165, 1.54) is 13.2 Å². The summed E-state index contributed by atoms with van der Waals surface area (Å²) >= 11 is 0. The van der Waals surface area contributed by atoms with Gasteiger partial charge >= 0.3 is 6.18 Å². The number of benzene rings is 1. The minimum Gasteiger partial charge on any atom is -0.374 e. The minimum atomic E-state index is -5.04. The number of alkyl halides is 3. The molecule has 0 saturated carbocycles. The molecule has 2 N–H and O–H groups in total. The van der Waals surface area contributed by atoms with Crippen molar-refractivity contribution in [1.82, 2.24) is 14.9 Å². The molecule has 0 radical (unpaired) electrons. The normalized spacial score (nSPS) is 15.6. The fraction of sp³-hybridized carbons (Fsp3) is 0.375. The molecule has 5 nitrogen and oxygen atoms in total. The quantitative estimate of drug-likeness (QED) is 0.878. The van der Waals surface area contributed by atoms with Crippen molar-refractivity contribution in [3.05, 3.63) is 54.1 Å². The van der Waals surface area contributed by atoms with Crippen LogP contribution in [0.25, 0.3) is 0 Å². The lowest BCUT2D eigenvalue weighted by Crippen LogP contribution is -2.48. The largest absolute Gasteiger partial charge is 0.425 e. The molecule has 2 rings (SSSR count). The van der Waals surface area contributed by atoms with E-state index in [1.807, 2.05) is 0 Å². The Labute approximate surface area is 137 Å². The summed E-state index contributed by atoms with van der Waals surface area (Å²) in [6.07, 6.45) is -3.80. The van der Waals surface area contributed by atoms with Crippen LogP contribution in [-0.2, 0) is 17.4 Å². The Morgan fingerprint density at radius 3 is 2.46 bits per heavy atom. The zero-order chi connectivity index (χ0) is 18.0. The molecular weight excluding hydrogens is 323 g/mol. The molecule has 24 heavy (non-hydrogen) atoms. The van der Waals surface area contributed by atoms with Crippen molar-refractivity contribution in [3.63, 3.8) is 0 Å². The Morgan fingerprint density at radius 2 is 1.96 bits per heavy atom. The summed E-state index contributed by atoms with van der Waals surface area (Å²) in [5, 5.41) is 12.6. The molecule has 1 heterocycles. The number of aliphatic hydroxyl groups is 1. The van der Waals surface area contributed by atoms with E-state index >= 15 is 0 Å². The average molecular weight is 341 g/mol. The predicted octanol–water partition coefficient (Wildman–Crippen LogP) is 2.44. The van der Waals surface area contributed by atoms with Crippen LogP contribution in [0.2, 0.25) is 0 Å². The number of nitrogens with zero attached hydrogens (tertiary/aromatic N) is 2. The summed E-state index contributed by atoms with van der Waals surface area (Å²) in [5.74, 6) is -1.55. The molecule has 1 aromatic heterocycles. The molecule has 0 aliphatic carbocycles. The molecule has 0 unspecified atom stereocenters. The second-order valence-corrected chi connectivity index (χ2v) is 5.60. The SMILES string of the molecule is C[C@@H](NC(=O)C[C@@](O)(c1nccn1C)C(F)(F)F)c1ccccc1. The molecular formula is C16H18F3N3O2. The van der Waals surface area contributed by atoms with E-state index in [0.29, 0.717) is 0 Å². The Morgan fingerprint density at radius 1 is 1.33 bits per heavy atom. The molecule has 0 aliphatic heterocycles. The fourth-order valence-corrected chi connectivity index (χ4v) is 2.42. The van der Waals surface area contributed by atoms with Crippen LogP contribution in [0.4, 0.5) is 13.2 Å². The number of aryl methyl sites for hydroxylation is 1. The van der Waals surface area contributed by atoms with Gasteiger partial charge in [-0.3, -0.25) is 4.79 Å². The Hall–Kier alpha value is -2.35. The Bertz CT molecular complexity index is 700. The van der Waals surface area contributed by atoms with E-state index in [2.05, 4.69) is 10.3 Å². The van der Waals surface area contributed by atoms with Crippen molar-refractivity contribution in [3.8, 4) is 0 Å². The number of carbonyl (C=O) groups is 1. The summed E-state index contributed by atoms with van der Waals surface area (Å²) in [5.41, 5.74) is -2.61. The first-order valence-corrected chi connectivity index (χ1v) is 7.26. The zero-order valence-electron chi connectivity index (χ0n) is 13.2. The maximum Gasteiger partial charge on any atom is 0.425 e. The lowest BCUT2D eigenvalue weighted by molar-refractivity contribution is -0.271. The monoisotopic (exact) mass is 341 g/mol. The summed E-state index contributed by atoms with van der Waals surface area (Å²) < 4.78 is 41.2. The number of halogens is 3. The molecule has 2 aromatic rings. The lowest BCUT2D eigenvalue weighted by atomic mass is 9.96. The van der Waals surface area contributed by atoms with E-state index in [4.69, 9.17) is 0 Å². The number of rotatable bonds is 5. The highest BCUT2D eigenvalue weighted by Gasteiger charge is 2.58. The maximum atomic E-state index is 13.4. The van der Waals surface area contributed by atoms with Gasteiger partial charge in [0, 0.05) is 19.4 Å². The van der Waals surface area contributed by atoms with Gasteiger partial charge in [0.2, 0.25) is 11.5 Å². The molecule has 130 valence electrons. The van der Waals surface area contributed by atoms with Crippen LogP contribution in [0.1, 0.15) is 30.8 Å². The number of hydrogen-bond acceptors (Lipinski definition) is 3. The minimum absolute atomic E-state index is 0.488. The van der Waals surface area contributed by atoms with Crippen LogP contribution in [-0.4, -0.2) is 26.7 Å². The molecule has 0 bridgehead atoms. The van der Waals surface area contributed by atoms with Gasteiger partial charge in [0.05, 0.1) is 12.5 Å². The van der Waals surface area contributed by atoms with Crippen LogP contribution in [0.3, 0.4) is 0 Å². The number of amides is 1. The third-order valence-corrected chi connectivity index (χ3v) is 3.75. The molecule has 0 saturated heterocycles. The third-order valence-electron chi connectivity index (χ3n) is 3.75. The highest BCUT2D eigenvalue weighted by Crippen LogP contribution is 2.40. The van der Waals surface area contributed by atoms with E-state index in [1.54, 1.807) is 37.3 Å². The van der Waals surface area contributed by atoms with Gasteiger partial charge in [0.1, 0.15) is 0 Å². The van der Waals surface area contributed by atoms with Crippen molar-refractivity contribution in [2.45, 2.75) is 31.2 Å². The van der Waals surface area contributed by atoms with Crippen LogP contribution < -0.4 is 5.32 Å². The van der Waals surface area contributed by atoms with Gasteiger partial charge < -0.3 is 15.0 Å². The molecule has 8 heteroatoms. The van der Waals surface area contributed by atoms with Gasteiger partial charge in [0.25, 0.3) is 0 Å². The fourth-order valence-electron chi connectivity index (χ4n) is 2.42. The van der Waals surface area contributed by atoms with E-state index < -0.39 is 36.0 Å². The average Bonchev–Trinajstić information content (AvgIpc) is 2.93. The third kappa shape index (κ3) is 3.59. The van der Waals surface area contributed by atoms with Gasteiger partial charge in [-0.1, -0.05) is 30.3 Å². The number of nitrogens with one attached hydrogen (secondary N) is 1. The van der Waals surface area contributed by atoms with E-state index in [9.17, 15) is 23.1 Å². The molecule has 1 amide bonds. The highest BCUT2D eigenvalue weighted by atomic mass is 19.4. The molecule has 0 aliphatic rings. The van der Waals surface area contributed by atoms with Crippen LogP contribution >= 0.6 is 0 Å². The van der Waals surface area contributed by atoms with Crippen LogP contribution in [0.5, 0.6) is 0 Å². The van der Waals surface area contributed by atoms with Crippen LogP contribution in [0.15, 0.2) is 42.7 Å². The van der Waals surface area contributed by atoms with Crippen molar-refractivity contribution in [2.75, 3.05) is 0 Å². The Kier molecular flexibility index (Phi) is 4.98. The second-order valence-electron chi connectivity index (χ2n) is 5.60. The summed E-state index contributed by atoms with van der Waals surface area (Å²) in [7, 11) is 1.32. The van der Waals surface area contributed by atoms with E-state index in [-0.39, 0.29) is 0 Å². The number of carbonyl (C=O) groups excluding carboxylic acids is 1.